The molecule has 0 fully saturated rings. The molecule has 7 nitrogen and oxygen atoms in total. The highest BCUT2D eigenvalue weighted by atomic mass is 19.1. The summed E-state index contributed by atoms with van der Waals surface area (Å²) in [6.07, 6.45) is -0.899. The van der Waals surface area contributed by atoms with Gasteiger partial charge < -0.3 is 20.7 Å². The Labute approximate surface area is 201 Å². The third-order valence-corrected chi connectivity index (χ3v) is 5.97. The van der Waals surface area contributed by atoms with Crippen molar-refractivity contribution in [3.05, 3.63) is 101 Å². The van der Waals surface area contributed by atoms with Gasteiger partial charge in [-0.15, -0.1) is 0 Å². The fraction of sp³-hybridized carbons (Fsp3) is 0.148. The highest BCUT2D eigenvalue weighted by molar-refractivity contribution is 5.80. The Bertz CT molecular complexity index is 1380. The van der Waals surface area contributed by atoms with Crippen LogP contribution in [0.25, 0.3) is 22.4 Å². The van der Waals surface area contributed by atoms with Crippen molar-refractivity contribution in [1.29, 1.82) is 5.41 Å². The van der Waals surface area contributed by atoms with Crippen molar-refractivity contribution < 1.29 is 18.8 Å². The summed E-state index contributed by atoms with van der Waals surface area (Å²) < 4.78 is 20.3. The van der Waals surface area contributed by atoms with Crippen LogP contribution in [-0.2, 0) is 12.0 Å². The second-order valence-corrected chi connectivity index (χ2v) is 8.47. The standard InChI is InChI=1S/C27H25FN4O3/c1-16-24(27(2,31-26(33)34)21-5-3-4-6-22(21)28)25(32-35-16)20-13-11-19(12-14-20)18-9-7-17(8-10-18)15-23(29)30/h3-14,31H,15H2,1-2H3,(H3,29,30)(H,33,34). The second kappa shape index (κ2) is 9.42. The Morgan fingerprint density at radius 1 is 1.06 bits per heavy atom. The number of hydrogen-bond acceptors (Lipinski definition) is 4. The van der Waals surface area contributed by atoms with Crippen molar-refractivity contribution in [2.45, 2.75) is 25.8 Å². The van der Waals surface area contributed by atoms with Crippen LogP contribution in [-0.4, -0.2) is 22.2 Å². The number of rotatable bonds is 7. The van der Waals surface area contributed by atoms with Crippen LogP contribution in [0, 0.1) is 18.2 Å². The summed E-state index contributed by atoms with van der Waals surface area (Å²) >= 11 is 0. The number of halogens is 1. The molecule has 1 amide bonds. The number of nitrogens with one attached hydrogen (secondary N) is 2. The normalized spacial score (nSPS) is 12.7. The molecule has 1 atom stereocenters. The van der Waals surface area contributed by atoms with Gasteiger partial charge in [-0.2, -0.15) is 0 Å². The van der Waals surface area contributed by atoms with Crippen molar-refractivity contribution in [3.8, 4) is 22.4 Å². The average Bonchev–Trinajstić information content (AvgIpc) is 3.21. The Morgan fingerprint density at radius 2 is 1.63 bits per heavy atom. The van der Waals surface area contributed by atoms with E-state index in [0.717, 1.165) is 16.7 Å². The predicted octanol–water partition coefficient (Wildman–Crippen LogP) is 5.47. The van der Waals surface area contributed by atoms with Gasteiger partial charge in [-0.25, -0.2) is 9.18 Å². The van der Waals surface area contributed by atoms with Crippen molar-refractivity contribution >= 4 is 11.9 Å². The van der Waals surface area contributed by atoms with Crippen molar-refractivity contribution in [2.75, 3.05) is 0 Å². The fourth-order valence-electron chi connectivity index (χ4n) is 4.36. The molecule has 5 N–H and O–H groups in total. The van der Waals surface area contributed by atoms with E-state index >= 15 is 0 Å². The molecule has 3 aromatic carbocycles. The maximum Gasteiger partial charge on any atom is 0.405 e. The molecule has 0 aliphatic carbocycles. The molecule has 1 heterocycles. The first-order valence-electron chi connectivity index (χ1n) is 10.9. The molecule has 35 heavy (non-hydrogen) atoms. The minimum absolute atomic E-state index is 0.112. The van der Waals surface area contributed by atoms with Gasteiger partial charge in [0.2, 0.25) is 0 Å². The van der Waals surface area contributed by atoms with E-state index in [1.54, 1.807) is 32.0 Å². The molecule has 4 rings (SSSR count). The highest BCUT2D eigenvalue weighted by Gasteiger charge is 2.39. The van der Waals surface area contributed by atoms with Gasteiger partial charge >= 0.3 is 6.09 Å². The van der Waals surface area contributed by atoms with Gasteiger partial charge in [-0.1, -0.05) is 71.9 Å². The van der Waals surface area contributed by atoms with Crippen molar-refractivity contribution in [2.24, 2.45) is 5.73 Å². The van der Waals surface area contributed by atoms with Gasteiger partial charge in [0.1, 0.15) is 17.3 Å². The molecule has 0 spiro atoms. The highest BCUT2D eigenvalue weighted by Crippen LogP contribution is 2.39. The summed E-state index contributed by atoms with van der Waals surface area (Å²) in [5.41, 5.74) is 8.66. The van der Waals surface area contributed by atoms with Gasteiger partial charge in [0.05, 0.1) is 16.9 Å². The summed E-state index contributed by atoms with van der Waals surface area (Å²) in [5, 5.41) is 23.7. The number of nitrogens with two attached hydrogens (primary N) is 1. The number of nitrogens with zero attached hydrogens (tertiary/aromatic N) is 1. The third-order valence-electron chi connectivity index (χ3n) is 5.97. The molecular weight excluding hydrogens is 447 g/mol. The number of aromatic nitrogens is 1. The van der Waals surface area contributed by atoms with E-state index in [-0.39, 0.29) is 11.4 Å². The number of hydrogen-bond donors (Lipinski definition) is 4. The predicted molar refractivity (Wildman–Crippen MR) is 132 cm³/mol. The van der Waals surface area contributed by atoms with E-state index in [1.165, 1.54) is 6.07 Å². The molecular formula is C27H25FN4O3. The zero-order chi connectivity index (χ0) is 25.2. The van der Waals surface area contributed by atoms with Crippen LogP contribution in [0.2, 0.25) is 0 Å². The molecule has 8 heteroatoms. The van der Waals surface area contributed by atoms with Crippen LogP contribution in [0.15, 0.2) is 77.3 Å². The quantitative estimate of drug-likeness (QED) is 0.210. The summed E-state index contributed by atoms with van der Waals surface area (Å²) in [4.78, 5) is 11.7. The smallest absolute Gasteiger partial charge is 0.405 e. The summed E-state index contributed by atoms with van der Waals surface area (Å²) in [5.74, 6) is -0.0518. The lowest BCUT2D eigenvalue weighted by atomic mass is 9.81. The summed E-state index contributed by atoms with van der Waals surface area (Å²) in [7, 11) is 0. The van der Waals surface area contributed by atoms with E-state index in [9.17, 15) is 14.3 Å². The molecule has 0 radical (unpaired) electrons. The van der Waals surface area contributed by atoms with Gasteiger partial charge in [0.15, 0.2) is 0 Å². The van der Waals surface area contributed by atoms with Gasteiger partial charge in [-0.3, -0.25) is 5.41 Å². The Kier molecular flexibility index (Phi) is 6.38. The zero-order valence-corrected chi connectivity index (χ0v) is 19.3. The van der Waals surface area contributed by atoms with Crippen LogP contribution in [0.5, 0.6) is 0 Å². The van der Waals surface area contributed by atoms with Gasteiger partial charge in [-0.05, 0) is 36.6 Å². The number of benzene rings is 3. The van der Waals surface area contributed by atoms with E-state index in [2.05, 4.69) is 10.5 Å². The molecule has 178 valence electrons. The molecule has 0 bridgehead atoms. The van der Waals surface area contributed by atoms with E-state index < -0.39 is 17.4 Å². The topological polar surface area (TPSA) is 125 Å². The van der Waals surface area contributed by atoms with Crippen molar-refractivity contribution in [3.63, 3.8) is 0 Å². The van der Waals surface area contributed by atoms with Gasteiger partial charge in [0, 0.05) is 17.5 Å². The largest absolute Gasteiger partial charge is 0.465 e. The molecule has 0 saturated carbocycles. The first-order valence-corrected chi connectivity index (χ1v) is 10.9. The van der Waals surface area contributed by atoms with E-state index in [0.29, 0.717) is 29.0 Å². The number of aryl methyl sites for hydroxylation is 1. The molecule has 0 saturated heterocycles. The first-order chi connectivity index (χ1) is 16.7. The first kappa shape index (κ1) is 23.7. The molecule has 1 unspecified atom stereocenters. The zero-order valence-electron chi connectivity index (χ0n) is 19.3. The lowest BCUT2D eigenvalue weighted by Gasteiger charge is -2.31. The van der Waals surface area contributed by atoms with Crippen LogP contribution in [0.1, 0.15) is 29.4 Å². The summed E-state index contributed by atoms with van der Waals surface area (Å²) in [6, 6.07) is 21.4. The molecule has 4 aromatic rings. The van der Waals surface area contributed by atoms with Gasteiger partial charge in [0.25, 0.3) is 0 Å². The number of carboxylic acid groups (broad SMARTS) is 1. The average molecular weight is 473 g/mol. The summed E-state index contributed by atoms with van der Waals surface area (Å²) in [6.45, 7) is 3.27. The number of amidine groups is 1. The maximum atomic E-state index is 14.8. The molecule has 0 aliphatic rings. The lowest BCUT2D eigenvalue weighted by molar-refractivity contribution is 0.184. The molecule has 1 aromatic heterocycles. The third kappa shape index (κ3) is 4.77. The maximum absolute atomic E-state index is 14.8. The molecule has 0 aliphatic heterocycles. The minimum atomic E-state index is -1.44. The van der Waals surface area contributed by atoms with Crippen LogP contribution in [0.3, 0.4) is 0 Å². The van der Waals surface area contributed by atoms with E-state index in [1.807, 2.05) is 48.5 Å². The Balaban J connectivity index is 1.74. The number of carbonyl (C=O) groups is 1. The van der Waals surface area contributed by atoms with Crippen LogP contribution < -0.4 is 11.1 Å². The van der Waals surface area contributed by atoms with Crippen molar-refractivity contribution in [1.82, 2.24) is 10.5 Å². The van der Waals surface area contributed by atoms with Crippen LogP contribution in [0.4, 0.5) is 9.18 Å². The van der Waals surface area contributed by atoms with Crippen LogP contribution >= 0.6 is 0 Å². The Morgan fingerprint density at radius 3 is 2.20 bits per heavy atom. The van der Waals surface area contributed by atoms with E-state index in [4.69, 9.17) is 15.7 Å². The Hall–Kier alpha value is -4.46. The monoisotopic (exact) mass is 472 g/mol. The lowest BCUT2D eigenvalue weighted by Crippen LogP contribution is -2.45. The number of amides is 1. The fourth-order valence-corrected chi connectivity index (χ4v) is 4.36. The minimum Gasteiger partial charge on any atom is -0.465 e. The second-order valence-electron chi connectivity index (χ2n) is 8.47. The SMILES string of the molecule is Cc1onc(-c2ccc(-c3ccc(CC(=N)N)cc3)cc2)c1C(C)(NC(=O)O)c1ccccc1F.